The van der Waals surface area contributed by atoms with Crippen molar-refractivity contribution in [3.05, 3.63) is 12.2 Å². The molecule has 2 rings (SSSR count). The van der Waals surface area contributed by atoms with Gasteiger partial charge in [0.05, 0.1) is 12.5 Å². The van der Waals surface area contributed by atoms with E-state index in [4.69, 9.17) is 27.9 Å². The minimum atomic E-state index is -0.866. The van der Waals surface area contributed by atoms with Crippen molar-refractivity contribution in [1.82, 2.24) is 0 Å². The van der Waals surface area contributed by atoms with E-state index in [2.05, 4.69) is 19.1 Å². The molecule has 0 heterocycles. The number of carbonyl (C=O) groups excluding carboxylic acids is 1. The molecule has 0 aromatic rings. The van der Waals surface area contributed by atoms with Gasteiger partial charge in [0.2, 0.25) is 0 Å². The smallest absolute Gasteiger partial charge is 0.312 e. The van der Waals surface area contributed by atoms with Crippen LogP contribution >= 0.6 is 23.2 Å². The lowest BCUT2D eigenvalue weighted by Gasteiger charge is -2.24. The highest BCUT2D eigenvalue weighted by molar-refractivity contribution is 6.52. The molecule has 0 spiro atoms. The average molecular weight is 263 g/mol. The minimum absolute atomic E-state index is 0.244. The molecule has 0 saturated heterocycles. The van der Waals surface area contributed by atoms with Crippen molar-refractivity contribution in [2.24, 2.45) is 17.8 Å². The second-order valence-corrected chi connectivity index (χ2v) is 6.37. The second-order valence-electron chi connectivity index (χ2n) is 4.83. The first-order chi connectivity index (χ1) is 7.50. The third-order valence-corrected chi connectivity index (χ3v) is 4.30. The summed E-state index contributed by atoms with van der Waals surface area (Å²) >= 11 is 11.6. The van der Waals surface area contributed by atoms with Gasteiger partial charge in [-0.2, -0.15) is 0 Å². The van der Waals surface area contributed by atoms with Crippen molar-refractivity contribution >= 4 is 29.2 Å². The van der Waals surface area contributed by atoms with Gasteiger partial charge in [0.15, 0.2) is 0 Å². The Morgan fingerprint density at radius 3 is 2.62 bits per heavy atom. The van der Waals surface area contributed by atoms with E-state index in [9.17, 15) is 4.79 Å². The number of rotatable bonds is 3. The Hall–Kier alpha value is -0.210. The SMILES string of the molecule is CC1CC=CCC1COC(=O)C1CC1(Cl)Cl. The Balaban J connectivity index is 1.75. The molecular formula is C12H16Cl2O2. The molecule has 1 saturated carbocycles. The maximum absolute atomic E-state index is 11.6. The summed E-state index contributed by atoms with van der Waals surface area (Å²) in [7, 11) is 0. The quantitative estimate of drug-likeness (QED) is 0.443. The summed E-state index contributed by atoms with van der Waals surface area (Å²) in [5.41, 5.74) is 0. The van der Waals surface area contributed by atoms with Crippen LogP contribution < -0.4 is 0 Å². The van der Waals surface area contributed by atoms with Crippen molar-refractivity contribution < 1.29 is 9.53 Å². The predicted octanol–water partition coefficient (Wildman–Crippen LogP) is 3.33. The molecule has 0 aromatic heterocycles. The standard InChI is InChI=1S/C12H16Cl2O2/c1-8-4-2-3-5-9(8)7-16-11(15)10-6-12(10,13)14/h2-3,8-10H,4-7H2,1H3. The molecule has 0 aromatic carbocycles. The molecule has 16 heavy (non-hydrogen) atoms. The maximum Gasteiger partial charge on any atom is 0.312 e. The third kappa shape index (κ3) is 2.72. The van der Waals surface area contributed by atoms with E-state index in [0.717, 1.165) is 12.8 Å². The van der Waals surface area contributed by atoms with Gasteiger partial charge in [0.25, 0.3) is 0 Å². The first-order valence-electron chi connectivity index (χ1n) is 5.70. The molecule has 0 radical (unpaired) electrons. The number of allylic oxidation sites excluding steroid dienone is 2. The Bertz CT molecular complexity index is 312. The largest absolute Gasteiger partial charge is 0.465 e. The van der Waals surface area contributed by atoms with E-state index in [1.807, 2.05) is 0 Å². The second kappa shape index (κ2) is 4.58. The topological polar surface area (TPSA) is 26.3 Å². The molecular weight excluding hydrogens is 247 g/mol. The van der Waals surface area contributed by atoms with E-state index in [1.165, 1.54) is 0 Å². The zero-order chi connectivity index (χ0) is 11.8. The monoisotopic (exact) mass is 262 g/mol. The Morgan fingerprint density at radius 1 is 1.44 bits per heavy atom. The molecule has 0 amide bonds. The highest BCUT2D eigenvalue weighted by atomic mass is 35.5. The molecule has 0 N–H and O–H groups in total. The van der Waals surface area contributed by atoms with E-state index >= 15 is 0 Å². The van der Waals surface area contributed by atoms with Gasteiger partial charge in [-0.15, -0.1) is 23.2 Å². The van der Waals surface area contributed by atoms with Crippen LogP contribution in [0.4, 0.5) is 0 Å². The van der Waals surface area contributed by atoms with Crippen LogP contribution in [0.1, 0.15) is 26.2 Å². The van der Waals surface area contributed by atoms with Crippen molar-refractivity contribution in [3.8, 4) is 0 Å². The molecule has 3 unspecified atom stereocenters. The third-order valence-electron chi connectivity index (χ3n) is 3.47. The molecule has 2 nitrogen and oxygen atoms in total. The van der Waals surface area contributed by atoms with Crippen molar-refractivity contribution in [3.63, 3.8) is 0 Å². The molecule has 90 valence electrons. The Kier molecular flexibility index (Phi) is 3.50. The van der Waals surface area contributed by atoms with Crippen LogP contribution in [-0.4, -0.2) is 16.9 Å². The number of hydrogen-bond donors (Lipinski definition) is 0. The molecule has 2 aliphatic rings. The van der Waals surface area contributed by atoms with Gasteiger partial charge in [-0.05, 0) is 31.1 Å². The highest BCUT2D eigenvalue weighted by Crippen LogP contribution is 2.53. The fourth-order valence-corrected chi connectivity index (χ4v) is 2.48. The lowest BCUT2D eigenvalue weighted by Crippen LogP contribution is -2.22. The van der Waals surface area contributed by atoms with Gasteiger partial charge < -0.3 is 4.74 Å². The minimum Gasteiger partial charge on any atom is -0.465 e. The van der Waals surface area contributed by atoms with E-state index < -0.39 is 4.33 Å². The van der Waals surface area contributed by atoms with Crippen LogP contribution in [0, 0.1) is 17.8 Å². The van der Waals surface area contributed by atoms with Crippen LogP contribution in [-0.2, 0) is 9.53 Å². The number of esters is 1. The number of ether oxygens (including phenoxy) is 1. The summed E-state index contributed by atoms with van der Waals surface area (Å²) in [4.78, 5) is 11.6. The van der Waals surface area contributed by atoms with Crippen molar-refractivity contribution in [2.75, 3.05) is 6.61 Å². The lowest BCUT2D eigenvalue weighted by molar-refractivity contribution is -0.147. The average Bonchev–Trinajstić information content (AvgIpc) is 2.86. The Morgan fingerprint density at radius 2 is 2.06 bits per heavy atom. The van der Waals surface area contributed by atoms with Crippen LogP contribution in [0.2, 0.25) is 0 Å². The predicted molar refractivity (Wildman–Crippen MR) is 64.5 cm³/mol. The van der Waals surface area contributed by atoms with Crippen molar-refractivity contribution in [1.29, 1.82) is 0 Å². The van der Waals surface area contributed by atoms with Crippen LogP contribution in [0.15, 0.2) is 12.2 Å². The highest BCUT2D eigenvalue weighted by Gasteiger charge is 2.57. The van der Waals surface area contributed by atoms with E-state index in [-0.39, 0.29) is 11.9 Å². The molecule has 2 aliphatic carbocycles. The zero-order valence-corrected chi connectivity index (χ0v) is 10.8. The van der Waals surface area contributed by atoms with Gasteiger partial charge in [0.1, 0.15) is 4.33 Å². The Labute approximate surface area is 106 Å². The summed E-state index contributed by atoms with van der Waals surface area (Å²) < 4.78 is 4.40. The van der Waals surface area contributed by atoms with Crippen molar-refractivity contribution in [2.45, 2.75) is 30.5 Å². The summed E-state index contributed by atoms with van der Waals surface area (Å²) in [5.74, 6) is 0.457. The van der Waals surface area contributed by atoms with Gasteiger partial charge >= 0.3 is 5.97 Å². The van der Waals surface area contributed by atoms with Crippen LogP contribution in [0.3, 0.4) is 0 Å². The molecule has 0 bridgehead atoms. The van der Waals surface area contributed by atoms with Gasteiger partial charge in [-0.3, -0.25) is 4.79 Å². The van der Waals surface area contributed by atoms with Crippen LogP contribution in [0.25, 0.3) is 0 Å². The van der Waals surface area contributed by atoms with E-state index in [0.29, 0.717) is 24.9 Å². The summed E-state index contributed by atoms with van der Waals surface area (Å²) in [6.07, 6.45) is 6.93. The number of alkyl halides is 2. The van der Waals surface area contributed by atoms with E-state index in [1.54, 1.807) is 0 Å². The fourth-order valence-electron chi connectivity index (χ4n) is 2.00. The maximum atomic E-state index is 11.6. The number of halogens is 2. The molecule has 1 fully saturated rings. The lowest BCUT2D eigenvalue weighted by atomic mass is 9.85. The number of carbonyl (C=O) groups is 1. The van der Waals surface area contributed by atoms with Gasteiger partial charge in [0, 0.05) is 0 Å². The summed E-state index contributed by atoms with van der Waals surface area (Å²) in [6, 6.07) is 0. The fraction of sp³-hybridized carbons (Fsp3) is 0.750. The number of hydrogen-bond acceptors (Lipinski definition) is 2. The normalized spacial score (nSPS) is 35.8. The molecule has 3 atom stereocenters. The van der Waals surface area contributed by atoms with Crippen LogP contribution in [0.5, 0.6) is 0 Å². The summed E-state index contributed by atoms with van der Waals surface area (Å²) in [6.45, 7) is 2.68. The molecule has 0 aliphatic heterocycles. The van der Waals surface area contributed by atoms with Gasteiger partial charge in [-0.25, -0.2) is 0 Å². The first-order valence-corrected chi connectivity index (χ1v) is 6.46. The summed E-state index contributed by atoms with van der Waals surface area (Å²) in [5, 5.41) is 0. The first kappa shape index (κ1) is 12.3. The zero-order valence-electron chi connectivity index (χ0n) is 9.29. The van der Waals surface area contributed by atoms with Gasteiger partial charge in [-0.1, -0.05) is 19.1 Å². The molecule has 4 heteroatoms.